The molecule has 2 aliphatic rings. The first kappa shape index (κ1) is 18.6. The number of nitrogens with two attached hydrogens (primary N) is 1. The van der Waals surface area contributed by atoms with Crippen molar-refractivity contribution < 1.29 is 15.0 Å². The van der Waals surface area contributed by atoms with E-state index in [1.54, 1.807) is 6.07 Å². The Balaban J connectivity index is 1.54. The summed E-state index contributed by atoms with van der Waals surface area (Å²) in [7, 11) is 0. The van der Waals surface area contributed by atoms with Gasteiger partial charge in [0.15, 0.2) is 0 Å². The summed E-state index contributed by atoms with van der Waals surface area (Å²) in [5.41, 5.74) is 4.37. The molecule has 1 amide bonds. The number of hydrogen-bond donors (Lipinski definition) is 2. The van der Waals surface area contributed by atoms with Crippen LogP contribution in [0.4, 0.5) is 17.1 Å². The maximum Gasteiger partial charge on any atom is 0.270 e. The van der Waals surface area contributed by atoms with Gasteiger partial charge in [-0.2, -0.15) is 0 Å². The number of nitro groups is 1. The molecule has 3 aromatic carbocycles. The van der Waals surface area contributed by atoms with Crippen molar-refractivity contribution in [2.75, 3.05) is 36.4 Å². The predicted molar refractivity (Wildman–Crippen MR) is 116 cm³/mol. The second kappa shape index (κ2) is 7.42. The fraction of sp³-hybridized carbons (Fsp3) is 0.261. The highest BCUT2D eigenvalue weighted by Crippen LogP contribution is 2.35. The molecule has 0 bridgehead atoms. The maximum absolute atomic E-state index is 13.3. The third-order valence-corrected chi connectivity index (χ3v) is 6.11. The Hall–Kier alpha value is -3.45. The maximum atomic E-state index is 13.3. The van der Waals surface area contributed by atoms with E-state index in [1.807, 2.05) is 18.2 Å². The average molecular weight is 403 g/mol. The third-order valence-electron chi connectivity index (χ3n) is 6.11. The highest BCUT2D eigenvalue weighted by atomic mass is 16.6. The van der Waals surface area contributed by atoms with Gasteiger partial charge in [-0.25, -0.2) is 0 Å². The van der Waals surface area contributed by atoms with Gasteiger partial charge in [-0.15, -0.1) is 0 Å². The third kappa shape index (κ3) is 3.17. The topological polar surface area (TPSA) is 92.1 Å². The monoisotopic (exact) mass is 403 g/mol. The van der Waals surface area contributed by atoms with Crippen molar-refractivity contribution in [3.05, 3.63) is 75.3 Å². The highest BCUT2D eigenvalue weighted by Gasteiger charge is 2.24. The second-order valence-electron chi connectivity index (χ2n) is 7.88. The largest absolute Gasteiger partial charge is 0.360 e. The summed E-state index contributed by atoms with van der Waals surface area (Å²) in [5, 5.41) is 18.8. The number of quaternary nitrogens is 1. The SMILES string of the molecule is O=C(Nc1ccc2c3c(cccc13)CC2)c1cc([N+](=O)[O-])ccc1N1CC[NH2+]CC1. The summed E-state index contributed by atoms with van der Waals surface area (Å²) in [5.74, 6) is -0.318. The van der Waals surface area contributed by atoms with Gasteiger partial charge in [-0.3, -0.25) is 14.9 Å². The molecule has 0 atom stereocenters. The van der Waals surface area contributed by atoms with Gasteiger partial charge in [0.2, 0.25) is 0 Å². The smallest absolute Gasteiger partial charge is 0.270 e. The number of non-ortho nitro benzene ring substituents is 1. The Kier molecular flexibility index (Phi) is 4.59. The zero-order valence-corrected chi connectivity index (χ0v) is 16.6. The zero-order valence-electron chi connectivity index (χ0n) is 16.6. The van der Waals surface area contributed by atoms with Crippen LogP contribution in [0.25, 0.3) is 10.8 Å². The quantitative estimate of drug-likeness (QED) is 0.517. The van der Waals surface area contributed by atoms with E-state index >= 15 is 0 Å². The van der Waals surface area contributed by atoms with Crippen molar-refractivity contribution in [3.63, 3.8) is 0 Å². The number of amides is 1. The van der Waals surface area contributed by atoms with E-state index in [2.05, 4.69) is 27.7 Å². The summed E-state index contributed by atoms with van der Waals surface area (Å²) in [6, 6.07) is 14.8. The molecule has 30 heavy (non-hydrogen) atoms. The van der Waals surface area contributed by atoms with Gasteiger partial charge in [0.1, 0.15) is 0 Å². The van der Waals surface area contributed by atoms with Crippen LogP contribution in [0.5, 0.6) is 0 Å². The average Bonchev–Trinajstić information content (AvgIpc) is 3.20. The molecule has 0 saturated carbocycles. The Morgan fingerprint density at radius 3 is 2.57 bits per heavy atom. The van der Waals surface area contributed by atoms with Crippen LogP contribution in [0.2, 0.25) is 0 Å². The molecular weight excluding hydrogens is 380 g/mol. The molecule has 0 radical (unpaired) electrons. The molecule has 1 aliphatic carbocycles. The van der Waals surface area contributed by atoms with E-state index in [1.165, 1.54) is 28.6 Å². The Morgan fingerprint density at radius 2 is 1.80 bits per heavy atom. The van der Waals surface area contributed by atoms with Gasteiger partial charge in [-0.1, -0.05) is 24.3 Å². The summed E-state index contributed by atoms with van der Waals surface area (Å²) in [4.78, 5) is 26.3. The molecule has 0 aromatic heterocycles. The summed E-state index contributed by atoms with van der Waals surface area (Å²) in [6.45, 7) is 3.48. The van der Waals surface area contributed by atoms with Crippen molar-refractivity contribution in [1.82, 2.24) is 0 Å². The van der Waals surface area contributed by atoms with Crippen molar-refractivity contribution >= 4 is 33.7 Å². The van der Waals surface area contributed by atoms with E-state index < -0.39 is 4.92 Å². The molecule has 1 fully saturated rings. The fourth-order valence-corrected chi connectivity index (χ4v) is 4.63. The number of nitrogens with zero attached hydrogens (tertiary/aromatic N) is 2. The Morgan fingerprint density at radius 1 is 1.03 bits per heavy atom. The molecule has 152 valence electrons. The standard InChI is InChI=1S/C23H22N4O3/c28-23(25-20-8-6-16-5-4-15-2-1-3-18(20)22(15)16)19-14-17(27(29)30)7-9-21(19)26-12-10-24-11-13-26/h1-3,6-9,14,24H,4-5,10-13H2,(H,25,28)/p+1. The summed E-state index contributed by atoms with van der Waals surface area (Å²) in [6.07, 6.45) is 2.04. The van der Waals surface area contributed by atoms with Crippen molar-refractivity contribution in [1.29, 1.82) is 0 Å². The lowest BCUT2D eigenvalue weighted by molar-refractivity contribution is -0.655. The van der Waals surface area contributed by atoms with E-state index in [0.717, 1.165) is 55.8 Å². The number of rotatable bonds is 4. The fourth-order valence-electron chi connectivity index (χ4n) is 4.63. The summed E-state index contributed by atoms with van der Waals surface area (Å²) >= 11 is 0. The lowest BCUT2D eigenvalue weighted by Crippen LogP contribution is -2.89. The lowest BCUT2D eigenvalue weighted by Gasteiger charge is -2.28. The lowest BCUT2D eigenvalue weighted by atomic mass is 10.0. The van der Waals surface area contributed by atoms with E-state index in [9.17, 15) is 14.9 Å². The minimum atomic E-state index is -0.455. The molecule has 1 saturated heterocycles. The molecule has 0 unspecified atom stereocenters. The van der Waals surface area contributed by atoms with Gasteiger partial charge < -0.3 is 15.5 Å². The molecule has 0 spiro atoms. The van der Waals surface area contributed by atoms with Gasteiger partial charge in [0.05, 0.1) is 42.4 Å². The van der Waals surface area contributed by atoms with E-state index in [0.29, 0.717) is 5.56 Å². The van der Waals surface area contributed by atoms with Crippen LogP contribution in [0.1, 0.15) is 21.5 Å². The van der Waals surface area contributed by atoms with E-state index in [4.69, 9.17) is 0 Å². The van der Waals surface area contributed by atoms with Crippen LogP contribution >= 0.6 is 0 Å². The number of hydrogen-bond acceptors (Lipinski definition) is 4. The Labute approximate surface area is 173 Å². The normalized spacial score (nSPS) is 15.4. The molecule has 7 heteroatoms. The van der Waals surface area contributed by atoms with Crippen LogP contribution in [-0.4, -0.2) is 37.0 Å². The number of nitro benzene ring substituents is 1. The predicted octanol–water partition coefficient (Wildman–Crippen LogP) is 2.48. The molecule has 1 aliphatic heterocycles. The van der Waals surface area contributed by atoms with Gasteiger partial charge >= 0.3 is 0 Å². The van der Waals surface area contributed by atoms with Gasteiger partial charge in [-0.05, 0) is 41.5 Å². The molecule has 5 rings (SSSR count). The number of anilines is 2. The van der Waals surface area contributed by atoms with Gasteiger partial charge in [0.25, 0.3) is 11.6 Å². The van der Waals surface area contributed by atoms with Crippen LogP contribution in [0, 0.1) is 10.1 Å². The number of piperazine rings is 1. The molecule has 3 N–H and O–H groups in total. The molecular formula is C23H23N4O3+. The van der Waals surface area contributed by atoms with Crippen LogP contribution < -0.4 is 15.5 Å². The molecule has 1 heterocycles. The number of carbonyl (C=O) groups excluding carboxylic acids is 1. The number of carbonyl (C=O) groups is 1. The second-order valence-corrected chi connectivity index (χ2v) is 7.88. The first-order valence-electron chi connectivity index (χ1n) is 10.3. The van der Waals surface area contributed by atoms with Crippen LogP contribution in [0.3, 0.4) is 0 Å². The first-order valence-corrected chi connectivity index (χ1v) is 10.3. The molecule has 7 nitrogen and oxygen atoms in total. The minimum Gasteiger partial charge on any atom is -0.360 e. The number of nitrogens with one attached hydrogen (secondary N) is 1. The zero-order chi connectivity index (χ0) is 20.7. The summed E-state index contributed by atoms with van der Waals surface area (Å²) < 4.78 is 0. The van der Waals surface area contributed by atoms with Gasteiger partial charge in [0, 0.05) is 23.2 Å². The number of aryl methyl sites for hydroxylation is 2. The minimum absolute atomic E-state index is 0.0760. The van der Waals surface area contributed by atoms with Crippen molar-refractivity contribution in [3.8, 4) is 0 Å². The first-order chi connectivity index (χ1) is 14.6. The van der Waals surface area contributed by atoms with E-state index in [-0.39, 0.29) is 11.6 Å². The van der Waals surface area contributed by atoms with Crippen LogP contribution in [-0.2, 0) is 12.8 Å². The number of benzene rings is 3. The molecule has 3 aromatic rings. The van der Waals surface area contributed by atoms with Crippen molar-refractivity contribution in [2.45, 2.75) is 12.8 Å². The Bertz CT molecular complexity index is 1160. The van der Waals surface area contributed by atoms with Crippen molar-refractivity contribution in [2.24, 2.45) is 0 Å². The van der Waals surface area contributed by atoms with Crippen LogP contribution in [0.15, 0.2) is 48.5 Å². The highest BCUT2D eigenvalue weighted by molar-refractivity contribution is 6.13.